The Kier molecular flexibility index (Phi) is 4.07. The van der Waals surface area contributed by atoms with Gasteiger partial charge >= 0.3 is 0 Å². The zero-order valence-corrected chi connectivity index (χ0v) is 10.9. The van der Waals surface area contributed by atoms with Gasteiger partial charge in [0.1, 0.15) is 0 Å². The van der Waals surface area contributed by atoms with Crippen LogP contribution in [0.4, 0.5) is 11.4 Å². The van der Waals surface area contributed by atoms with Crippen LogP contribution in [-0.2, 0) is 4.79 Å². The highest BCUT2D eigenvalue weighted by molar-refractivity contribution is 5.77. The van der Waals surface area contributed by atoms with Gasteiger partial charge in [-0.2, -0.15) is 0 Å². The second kappa shape index (κ2) is 5.76. The predicted molar refractivity (Wildman–Crippen MR) is 74.5 cm³/mol. The first-order valence-corrected chi connectivity index (χ1v) is 6.55. The van der Waals surface area contributed by atoms with Crippen molar-refractivity contribution in [2.75, 3.05) is 30.7 Å². The summed E-state index contributed by atoms with van der Waals surface area (Å²) in [6, 6.07) is 5.90. The van der Waals surface area contributed by atoms with Crippen LogP contribution in [0.2, 0.25) is 0 Å². The van der Waals surface area contributed by atoms with Crippen LogP contribution in [0.25, 0.3) is 0 Å². The summed E-state index contributed by atoms with van der Waals surface area (Å²) in [6.45, 7) is 4.47. The summed E-state index contributed by atoms with van der Waals surface area (Å²) in [7, 11) is 0. The minimum atomic E-state index is 0.242. The molecule has 0 radical (unpaired) electrons. The molecule has 3 N–H and O–H groups in total. The highest BCUT2D eigenvalue weighted by Gasteiger charge is 2.17. The molecule has 0 aliphatic carbocycles. The van der Waals surface area contributed by atoms with Gasteiger partial charge in [0.25, 0.3) is 0 Å². The first kappa shape index (κ1) is 12.7. The highest BCUT2D eigenvalue weighted by Crippen LogP contribution is 2.21. The molecule has 1 aliphatic heterocycles. The van der Waals surface area contributed by atoms with E-state index in [2.05, 4.69) is 5.32 Å². The molecule has 1 fully saturated rings. The second-order valence-electron chi connectivity index (χ2n) is 4.80. The number of benzene rings is 1. The van der Waals surface area contributed by atoms with E-state index in [0.717, 1.165) is 42.9 Å². The first-order valence-electron chi connectivity index (χ1n) is 6.55. The Morgan fingerprint density at radius 3 is 2.83 bits per heavy atom. The molecule has 2 rings (SSSR count). The number of hydrogen-bond donors (Lipinski definition) is 2. The van der Waals surface area contributed by atoms with Crippen molar-refractivity contribution in [2.45, 2.75) is 26.2 Å². The van der Waals surface area contributed by atoms with Crippen LogP contribution in [-0.4, -0.2) is 30.4 Å². The Bertz CT molecular complexity index is 425. The molecular formula is C14H21N3O. The monoisotopic (exact) mass is 247 g/mol. The largest absolute Gasteiger partial charge is 0.397 e. The van der Waals surface area contributed by atoms with Gasteiger partial charge in [-0.1, -0.05) is 12.1 Å². The number of hydrogen-bond acceptors (Lipinski definition) is 3. The van der Waals surface area contributed by atoms with Crippen molar-refractivity contribution in [1.82, 2.24) is 4.90 Å². The summed E-state index contributed by atoms with van der Waals surface area (Å²) >= 11 is 0. The standard InChI is InChI=1S/C14H21N3O/c1-11-5-4-6-12(14(11)15)16-8-7-13(18)17-9-2-3-10-17/h4-6,16H,2-3,7-10,15H2,1H3. The lowest BCUT2D eigenvalue weighted by molar-refractivity contribution is -0.129. The molecule has 0 aromatic heterocycles. The zero-order chi connectivity index (χ0) is 13.0. The number of nitrogens with two attached hydrogens (primary N) is 1. The van der Waals surface area contributed by atoms with Crippen molar-refractivity contribution in [3.63, 3.8) is 0 Å². The van der Waals surface area contributed by atoms with E-state index in [9.17, 15) is 4.79 Å². The van der Waals surface area contributed by atoms with Crippen molar-refractivity contribution >= 4 is 17.3 Å². The Morgan fingerprint density at radius 2 is 2.11 bits per heavy atom. The zero-order valence-electron chi connectivity index (χ0n) is 10.9. The molecule has 18 heavy (non-hydrogen) atoms. The SMILES string of the molecule is Cc1cccc(NCCC(=O)N2CCCC2)c1N. The van der Waals surface area contributed by atoms with Crippen LogP contribution in [0.5, 0.6) is 0 Å². The number of likely N-dealkylation sites (tertiary alicyclic amines) is 1. The summed E-state index contributed by atoms with van der Waals surface area (Å²) in [5.74, 6) is 0.242. The number of aryl methyl sites for hydroxylation is 1. The number of nitrogens with one attached hydrogen (secondary N) is 1. The summed E-state index contributed by atoms with van der Waals surface area (Å²) in [5.41, 5.74) is 8.71. The minimum absolute atomic E-state index is 0.242. The summed E-state index contributed by atoms with van der Waals surface area (Å²) < 4.78 is 0. The van der Waals surface area contributed by atoms with Gasteiger partial charge in [-0.3, -0.25) is 4.79 Å². The van der Waals surface area contributed by atoms with E-state index in [-0.39, 0.29) is 5.91 Å². The predicted octanol–water partition coefficient (Wildman–Crippen LogP) is 2.00. The van der Waals surface area contributed by atoms with E-state index in [1.165, 1.54) is 0 Å². The maximum Gasteiger partial charge on any atom is 0.224 e. The van der Waals surface area contributed by atoms with Crippen LogP contribution in [0.1, 0.15) is 24.8 Å². The van der Waals surface area contributed by atoms with Crippen LogP contribution >= 0.6 is 0 Å². The lowest BCUT2D eigenvalue weighted by atomic mass is 10.1. The molecule has 1 aromatic rings. The van der Waals surface area contributed by atoms with Gasteiger partial charge in [-0.05, 0) is 31.4 Å². The average Bonchev–Trinajstić information content (AvgIpc) is 2.88. The van der Waals surface area contributed by atoms with E-state index in [1.54, 1.807) is 0 Å². The van der Waals surface area contributed by atoms with Crippen molar-refractivity contribution in [3.8, 4) is 0 Å². The number of anilines is 2. The van der Waals surface area contributed by atoms with Crippen LogP contribution in [0.15, 0.2) is 18.2 Å². The maximum absolute atomic E-state index is 11.8. The van der Waals surface area contributed by atoms with Crippen LogP contribution in [0, 0.1) is 6.92 Å². The van der Waals surface area contributed by atoms with E-state index in [1.807, 2.05) is 30.0 Å². The molecule has 4 nitrogen and oxygen atoms in total. The molecule has 1 amide bonds. The number of nitrogen functional groups attached to an aromatic ring is 1. The van der Waals surface area contributed by atoms with Crippen molar-refractivity contribution in [2.24, 2.45) is 0 Å². The molecule has 0 saturated carbocycles. The number of carbonyl (C=O) groups is 1. The number of carbonyl (C=O) groups excluding carboxylic acids is 1. The van der Waals surface area contributed by atoms with Crippen molar-refractivity contribution in [3.05, 3.63) is 23.8 Å². The third-order valence-electron chi connectivity index (χ3n) is 3.44. The number of nitrogens with zero attached hydrogens (tertiary/aromatic N) is 1. The molecule has 1 saturated heterocycles. The van der Waals surface area contributed by atoms with Crippen molar-refractivity contribution in [1.29, 1.82) is 0 Å². The lowest BCUT2D eigenvalue weighted by Crippen LogP contribution is -2.29. The fraction of sp³-hybridized carbons (Fsp3) is 0.500. The Labute approximate surface area is 108 Å². The highest BCUT2D eigenvalue weighted by atomic mass is 16.2. The smallest absolute Gasteiger partial charge is 0.224 e. The molecule has 0 spiro atoms. The van der Waals surface area contributed by atoms with Crippen LogP contribution in [0.3, 0.4) is 0 Å². The molecule has 0 bridgehead atoms. The fourth-order valence-corrected chi connectivity index (χ4v) is 2.26. The Morgan fingerprint density at radius 1 is 1.39 bits per heavy atom. The summed E-state index contributed by atoms with van der Waals surface area (Å²) in [5, 5.41) is 3.24. The van der Waals surface area contributed by atoms with Gasteiger partial charge in [-0.15, -0.1) is 0 Å². The van der Waals surface area contributed by atoms with Gasteiger partial charge in [-0.25, -0.2) is 0 Å². The topological polar surface area (TPSA) is 58.4 Å². The minimum Gasteiger partial charge on any atom is -0.397 e. The van der Waals surface area contributed by atoms with E-state index >= 15 is 0 Å². The fourth-order valence-electron chi connectivity index (χ4n) is 2.26. The first-order chi connectivity index (χ1) is 8.68. The Balaban J connectivity index is 1.81. The molecule has 1 aromatic carbocycles. The summed E-state index contributed by atoms with van der Waals surface area (Å²) in [4.78, 5) is 13.8. The van der Waals surface area contributed by atoms with Gasteiger partial charge in [0, 0.05) is 26.1 Å². The van der Waals surface area contributed by atoms with Gasteiger partial charge in [0.15, 0.2) is 0 Å². The maximum atomic E-state index is 11.8. The number of para-hydroxylation sites is 1. The van der Waals surface area contributed by atoms with E-state index in [4.69, 9.17) is 5.73 Å². The third kappa shape index (κ3) is 2.94. The molecule has 98 valence electrons. The quantitative estimate of drug-likeness (QED) is 0.800. The van der Waals surface area contributed by atoms with Gasteiger partial charge < -0.3 is 16.0 Å². The average molecular weight is 247 g/mol. The van der Waals surface area contributed by atoms with E-state index < -0.39 is 0 Å². The third-order valence-corrected chi connectivity index (χ3v) is 3.44. The molecule has 4 heteroatoms. The molecular weight excluding hydrogens is 226 g/mol. The molecule has 1 heterocycles. The molecule has 1 aliphatic rings. The number of rotatable bonds is 4. The summed E-state index contributed by atoms with van der Waals surface area (Å²) in [6.07, 6.45) is 2.82. The van der Waals surface area contributed by atoms with Crippen molar-refractivity contribution < 1.29 is 4.79 Å². The lowest BCUT2D eigenvalue weighted by Gasteiger charge is -2.16. The van der Waals surface area contributed by atoms with E-state index in [0.29, 0.717) is 13.0 Å². The molecule has 0 atom stereocenters. The second-order valence-corrected chi connectivity index (χ2v) is 4.80. The van der Waals surface area contributed by atoms with Gasteiger partial charge in [0.2, 0.25) is 5.91 Å². The normalized spacial score (nSPS) is 14.8. The Hall–Kier alpha value is -1.71. The van der Waals surface area contributed by atoms with Gasteiger partial charge in [0.05, 0.1) is 11.4 Å². The van der Waals surface area contributed by atoms with Crippen LogP contribution < -0.4 is 11.1 Å². The number of amides is 1. The molecule has 0 unspecified atom stereocenters.